The number of carboxylic acid groups (broad SMARTS) is 1. The van der Waals surface area contributed by atoms with Gasteiger partial charge in [0, 0.05) is 30.9 Å². The summed E-state index contributed by atoms with van der Waals surface area (Å²) < 4.78 is 0. The number of piperazine rings is 1. The van der Waals surface area contributed by atoms with E-state index < -0.39 is 5.97 Å². The smallest absolute Gasteiger partial charge is 0.354 e. The quantitative estimate of drug-likeness (QED) is 0.874. The first-order chi connectivity index (χ1) is 9.54. The number of hydrogen-bond acceptors (Lipinski definition) is 5. The first kappa shape index (κ1) is 13.3. The molecule has 0 amide bonds. The number of aromatic carboxylic acids is 1. The Kier molecular flexibility index (Phi) is 3.33. The molecule has 2 unspecified atom stereocenters. The Morgan fingerprint density at radius 3 is 2.95 bits per heavy atom. The second-order valence-corrected chi connectivity index (χ2v) is 5.79. The lowest BCUT2D eigenvalue weighted by molar-refractivity contribution is 0.0690. The van der Waals surface area contributed by atoms with Gasteiger partial charge in [0.05, 0.1) is 0 Å². The second kappa shape index (κ2) is 5.01. The molecule has 20 heavy (non-hydrogen) atoms. The van der Waals surface area contributed by atoms with Gasteiger partial charge in [-0.1, -0.05) is 0 Å². The third kappa shape index (κ3) is 2.35. The molecule has 0 saturated carbocycles. The van der Waals surface area contributed by atoms with E-state index in [-0.39, 0.29) is 5.69 Å². The number of carbonyl (C=O) groups is 1. The summed E-state index contributed by atoms with van der Waals surface area (Å²) in [6.07, 6.45) is 2.46. The van der Waals surface area contributed by atoms with E-state index in [9.17, 15) is 4.79 Å². The normalized spacial score (nSPS) is 26.6. The lowest BCUT2D eigenvalue weighted by atomic mass is 10.1. The van der Waals surface area contributed by atoms with Crippen molar-refractivity contribution in [1.29, 1.82) is 0 Å². The molecule has 0 bridgehead atoms. The van der Waals surface area contributed by atoms with Crippen LogP contribution in [0.2, 0.25) is 0 Å². The highest BCUT2D eigenvalue weighted by Crippen LogP contribution is 2.27. The average molecular weight is 276 g/mol. The van der Waals surface area contributed by atoms with E-state index in [4.69, 9.17) is 5.11 Å². The van der Waals surface area contributed by atoms with Gasteiger partial charge >= 0.3 is 5.97 Å². The van der Waals surface area contributed by atoms with E-state index in [1.54, 1.807) is 0 Å². The number of carboxylic acids is 1. The third-order valence-corrected chi connectivity index (χ3v) is 4.26. The highest BCUT2D eigenvalue weighted by molar-refractivity contribution is 5.85. The molecule has 2 aliphatic heterocycles. The summed E-state index contributed by atoms with van der Waals surface area (Å²) in [6, 6.07) is 2.39. The Hall–Kier alpha value is -1.69. The molecule has 6 nitrogen and oxygen atoms in total. The average Bonchev–Trinajstić information content (AvgIpc) is 2.83. The van der Waals surface area contributed by atoms with Gasteiger partial charge in [-0.05, 0) is 39.3 Å². The number of rotatable bonds is 2. The van der Waals surface area contributed by atoms with Gasteiger partial charge in [-0.25, -0.2) is 14.8 Å². The van der Waals surface area contributed by atoms with Crippen LogP contribution < -0.4 is 4.90 Å². The Morgan fingerprint density at radius 1 is 1.40 bits per heavy atom. The van der Waals surface area contributed by atoms with Gasteiger partial charge < -0.3 is 10.0 Å². The molecule has 108 valence electrons. The van der Waals surface area contributed by atoms with Crippen LogP contribution in [0.3, 0.4) is 0 Å². The van der Waals surface area contributed by atoms with E-state index in [2.05, 4.69) is 26.7 Å². The number of anilines is 1. The maximum atomic E-state index is 11.1. The van der Waals surface area contributed by atoms with Crippen molar-refractivity contribution in [3.8, 4) is 0 Å². The lowest BCUT2D eigenvalue weighted by Gasteiger charge is -2.42. The van der Waals surface area contributed by atoms with E-state index in [0.29, 0.717) is 23.7 Å². The van der Waals surface area contributed by atoms with Crippen molar-refractivity contribution in [2.75, 3.05) is 24.5 Å². The molecule has 0 aliphatic carbocycles. The monoisotopic (exact) mass is 276 g/mol. The molecule has 2 atom stereocenters. The number of fused-ring (bicyclic) bond motifs is 1. The number of nitrogens with zero attached hydrogens (tertiary/aromatic N) is 4. The zero-order chi connectivity index (χ0) is 14.3. The molecule has 3 rings (SSSR count). The van der Waals surface area contributed by atoms with Crippen molar-refractivity contribution >= 4 is 11.9 Å². The number of hydrogen-bond donors (Lipinski definition) is 1. The highest BCUT2D eigenvalue weighted by atomic mass is 16.4. The van der Waals surface area contributed by atoms with E-state index in [0.717, 1.165) is 13.1 Å². The minimum absolute atomic E-state index is 0.0774. The molecule has 1 aromatic rings. The fraction of sp³-hybridized carbons (Fsp3) is 0.643. The van der Waals surface area contributed by atoms with E-state index >= 15 is 0 Å². The van der Waals surface area contributed by atoms with Gasteiger partial charge in [0.25, 0.3) is 0 Å². The zero-order valence-electron chi connectivity index (χ0n) is 11.9. The van der Waals surface area contributed by atoms with Crippen LogP contribution >= 0.6 is 0 Å². The Balaban J connectivity index is 1.89. The summed E-state index contributed by atoms with van der Waals surface area (Å²) >= 11 is 0. The Morgan fingerprint density at radius 2 is 2.20 bits per heavy atom. The first-order valence-electron chi connectivity index (χ1n) is 7.14. The lowest BCUT2D eigenvalue weighted by Crippen LogP contribution is -2.55. The molecule has 0 aromatic carbocycles. The summed E-state index contributed by atoms with van der Waals surface area (Å²) in [7, 11) is 0. The summed E-state index contributed by atoms with van der Waals surface area (Å²) in [5, 5.41) is 9.13. The largest absolute Gasteiger partial charge is 0.477 e. The fourth-order valence-electron chi connectivity index (χ4n) is 3.26. The molecule has 0 spiro atoms. The molecule has 0 radical (unpaired) electrons. The maximum absolute atomic E-state index is 11.1. The van der Waals surface area contributed by atoms with Crippen LogP contribution in [0, 0.1) is 6.92 Å². The first-order valence-corrected chi connectivity index (χ1v) is 7.14. The van der Waals surface area contributed by atoms with Crippen LogP contribution in [0.5, 0.6) is 0 Å². The van der Waals surface area contributed by atoms with Gasteiger partial charge in [0.2, 0.25) is 5.95 Å². The fourth-order valence-corrected chi connectivity index (χ4v) is 3.26. The van der Waals surface area contributed by atoms with E-state index in [1.165, 1.54) is 25.5 Å². The summed E-state index contributed by atoms with van der Waals surface area (Å²) in [5.74, 6) is -0.439. The van der Waals surface area contributed by atoms with Gasteiger partial charge in [-0.3, -0.25) is 4.90 Å². The molecule has 6 heteroatoms. The predicted molar refractivity (Wildman–Crippen MR) is 75.1 cm³/mol. The highest BCUT2D eigenvalue weighted by Gasteiger charge is 2.35. The topological polar surface area (TPSA) is 69.6 Å². The van der Waals surface area contributed by atoms with Crippen LogP contribution in [0.1, 0.15) is 35.9 Å². The minimum atomic E-state index is -0.996. The Labute approximate surface area is 118 Å². The van der Waals surface area contributed by atoms with Crippen molar-refractivity contribution in [3.05, 3.63) is 17.5 Å². The predicted octanol–water partition coefficient (Wildman–Crippen LogP) is 1.16. The Bertz CT molecular complexity index is 534. The molecular weight excluding hydrogens is 256 g/mol. The number of aryl methyl sites for hydroxylation is 1. The van der Waals surface area contributed by atoms with Crippen LogP contribution in [-0.2, 0) is 0 Å². The molecule has 1 N–H and O–H groups in total. The van der Waals surface area contributed by atoms with Crippen molar-refractivity contribution in [1.82, 2.24) is 14.9 Å². The summed E-state index contributed by atoms with van der Waals surface area (Å²) in [5.41, 5.74) is 0.780. The van der Waals surface area contributed by atoms with Gasteiger partial charge in [-0.15, -0.1) is 0 Å². The summed E-state index contributed by atoms with van der Waals surface area (Å²) in [4.78, 5) is 24.5. The second-order valence-electron chi connectivity index (χ2n) is 5.79. The van der Waals surface area contributed by atoms with Crippen LogP contribution in [0.25, 0.3) is 0 Å². The maximum Gasteiger partial charge on any atom is 0.354 e. The molecule has 3 heterocycles. The van der Waals surface area contributed by atoms with Crippen LogP contribution in [0.4, 0.5) is 5.95 Å². The van der Waals surface area contributed by atoms with Gasteiger partial charge in [0.15, 0.2) is 5.69 Å². The molecule has 1 aromatic heterocycles. The minimum Gasteiger partial charge on any atom is -0.477 e. The van der Waals surface area contributed by atoms with Crippen LogP contribution in [0.15, 0.2) is 6.07 Å². The van der Waals surface area contributed by atoms with Crippen LogP contribution in [-0.4, -0.2) is 57.7 Å². The van der Waals surface area contributed by atoms with Crippen molar-refractivity contribution in [2.45, 2.75) is 38.8 Å². The molecule has 2 saturated heterocycles. The standard InChI is InChI=1S/C14H20N4O2/c1-9-6-12(13(19)20)16-14(15-9)18-8-11-4-3-5-17(11)7-10(18)2/h6,10-11H,3-5,7-8H2,1-2H3,(H,19,20). The summed E-state index contributed by atoms with van der Waals surface area (Å²) in [6.45, 7) is 7.04. The molecule has 2 fully saturated rings. The van der Waals surface area contributed by atoms with Crippen molar-refractivity contribution in [3.63, 3.8) is 0 Å². The molecule has 2 aliphatic rings. The van der Waals surface area contributed by atoms with E-state index in [1.807, 2.05) is 6.92 Å². The van der Waals surface area contributed by atoms with Crippen molar-refractivity contribution < 1.29 is 9.90 Å². The number of aromatic nitrogens is 2. The van der Waals surface area contributed by atoms with Gasteiger partial charge in [-0.2, -0.15) is 0 Å². The zero-order valence-corrected chi connectivity index (χ0v) is 11.9. The SMILES string of the molecule is Cc1cc(C(=O)O)nc(N2CC3CCCN3CC2C)n1. The van der Waals surface area contributed by atoms with Gasteiger partial charge in [0.1, 0.15) is 0 Å². The van der Waals surface area contributed by atoms with Crippen molar-refractivity contribution in [2.24, 2.45) is 0 Å². The molecular formula is C14H20N4O2. The third-order valence-electron chi connectivity index (χ3n) is 4.26.